The lowest BCUT2D eigenvalue weighted by molar-refractivity contribution is 0.620. The van der Waals surface area contributed by atoms with Crippen LogP contribution in [-0.4, -0.2) is 4.83 Å². The number of hydrogen-bond acceptors (Lipinski definition) is 0. The third kappa shape index (κ3) is 4.96. The van der Waals surface area contributed by atoms with Crippen LogP contribution >= 0.6 is 31.9 Å². The first-order chi connectivity index (χ1) is 7.63. The van der Waals surface area contributed by atoms with Gasteiger partial charge in [0, 0.05) is 9.30 Å². The Balaban J connectivity index is 2.39. The Morgan fingerprint density at radius 3 is 2.75 bits per heavy atom. The van der Waals surface area contributed by atoms with Crippen molar-refractivity contribution in [3.63, 3.8) is 0 Å². The van der Waals surface area contributed by atoms with Gasteiger partial charge in [0.05, 0.1) is 0 Å². The van der Waals surface area contributed by atoms with Crippen molar-refractivity contribution >= 4 is 31.9 Å². The van der Waals surface area contributed by atoms with Crippen LogP contribution in [0, 0.1) is 5.82 Å². The van der Waals surface area contributed by atoms with Crippen LogP contribution in [0.5, 0.6) is 0 Å². The summed E-state index contributed by atoms with van der Waals surface area (Å²) in [6, 6.07) is 4.88. The van der Waals surface area contributed by atoms with E-state index in [0.29, 0.717) is 4.83 Å². The van der Waals surface area contributed by atoms with Gasteiger partial charge >= 0.3 is 0 Å². The van der Waals surface area contributed by atoms with E-state index in [2.05, 4.69) is 38.8 Å². The van der Waals surface area contributed by atoms with Gasteiger partial charge in [-0.1, -0.05) is 45.2 Å². The molecule has 0 radical (unpaired) electrons. The molecule has 0 spiro atoms. The molecule has 0 heterocycles. The highest BCUT2D eigenvalue weighted by Gasteiger charge is 2.05. The molecule has 0 aliphatic heterocycles. The van der Waals surface area contributed by atoms with Crippen LogP contribution in [0.15, 0.2) is 22.7 Å². The molecule has 90 valence electrons. The predicted octanol–water partition coefficient (Wildman–Crippen LogP) is 5.47. The zero-order valence-electron chi connectivity index (χ0n) is 9.48. The number of benzene rings is 1. The molecule has 1 aromatic carbocycles. The zero-order valence-corrected chi connectivity index (χ0v) is 12.7. The van der Waals surface area contributed by atoms with E-state index in [1.54, 1.807) is 12.1 Å². The Kier molecular flexibility index (Phi) is 6.59. The van der Waals surface area contributed by atoms with Gasteiger partial charge in [-0.05, 0) is 49.4 Å². The maximum Gasteiger partial charge on any atom is 0.123 e. The number of halogens is 3. The van der Waals surface area contributed by atoms with Gasteiger partial charge in [0.1, 0.15) is 5.82 Å². The summed E-state index contributed by atoms with van der Waals surface area (Å²) < 4.78 is 14.0. The molecule has 1 aromatic rings. The Labute approximate surface area is 114 Å². The lowest BCUT2D eigenvalue weighted by atomic mass is 10.1. The van der Waals surface area contributed by atoms with Gasteiger partial charge in [-0.15, -0.1) is 0 Å². The van der Waals surface area contributed by atoms with Gasteiger partial charge in [0.2, 0.25) is 0 Å². The van der Waals surface area contributed by atoms with Crippen LogP contribution in [0.4, 0.5) is 4.39 Å². The molecule has 3 heteroatoms. The predicted molar refractivity (Wildman–Crippen MR) is 74.7 cm³/mol. The van der Waals surface area contributed by atoms with Crippen LogP contribution in [0.25, 0.3) is 0 Å². The maximum absolute atomic E-state index is 13.0. The van der Waals surface area contributed by atoms with E-state index in [9.17, 15) is 4.39 Å². The molecule has 0 amide bonds. The molecular weight excluding hydrogens is 335 g/mol. The van der Waals surface area contributed by atoms with Crippen LogP contribution < -0.4 is 0 Å². The Morgan fingerprint density at radius 1 is 1.31 bits per heavy atom. The molecular formula is C13H17Br2F. The SMILES string of the molecule is CCCC(Br)CCCc1cc(F)ccc1Br. The molecule has 0 aromatic heterocycles. The van der Waals surface area contributed by atoms with Gasteiger partial charge in [-0.2, -0.15) is 0 Å². The molecule has 0 bridgehead atoms. The van der Waals surface area contributed by atoms with Crippen molar-refractivity contribution in [3.8, 4) is 0 Å². The average molecular weight is 352 g/mol. The van der Waals surface area contributed by atoms with Gasteiger partial charge in [-0.25, -0.2) is 4.39 Å². The summed E-state index contributed by atoms with van der Waals surface area (Å²) in [6.07, 6.45) is 5.60. The summed E-state index contributed by atoms with van der Waals surface area (Å²) in [6.45, 7) is 2.19. The van der Waals surface area contributed by atoms with Crippen molar-refractivity contribution in [1.82, 2.24) is 0 Å². The Morgan fingerprint density at radius 2 is 2.06 bits per heavy atom. The first-order valence-corrected chi connectivity index (χ1v) is 7.42. The van der Waals surface area contributed by atoms with Crippen LogP contribution in [0.2, 0.25) is 0 Å². The van der Waals surface area contributed by atoms with Crippen molar-refractivity contribution in [3.05, 3.63) is 34.1 Å². The van der Waals surface area contributed by atoms with E-state index in [-0.39, 0.29) is 5.82 Å². The average Bonchev–Trinajstić information content (AvgIpc) is 2.23. The summed E-state index contributed by atoms with van der Waals surface area (Å²) in [5, 5.41) is 0. The van der Waals surface area contributed by atoms with Gasteiger partial charge in [0.15, 0.2) is 0 Å². The molecule has 16 heavy (non-hydrogen) atoms. The fourth-order valence-electron chi connectivity index (χ4n) is 1.71. The summed E-state index contributed by atoms with van der Waals surface area (Å²) >= 11 is 7.11. The highest BCUT2D eigenvalue weighted by atomic mass is 79.9. The highest BCUT2D eigenvalue weighted by molar-refractivity contribution is 9.10. The minimum Gasteiger partial charge on any atom is -0.207 e. The third-order valence-corrected chi connectivity index (χ3v) is 4.26. The minimum absolute atomic E-state index is 0.151. The van der Waals surface area contributed by atoms with Crippen molar-refractivity contribution < 1.29 is 4.39 Å². The van der Waals surface area contributed by atoms with Crippen LogP contribution in [0.1, 0.15) is 38.2 Å². The van der Waals surface area contributed by atoms with E-state index in [4.69, 9.17) is 0 Å². The van der Waals surface area contributed by atoms with Gasteiger partial charge in [-0.3, -0.25) is 0 Å². The van der Waals surface area contributed by atoms with E-state index in [1.807, 2.05) is 0 Å². The van der Waals surface area contributed by atoms with Crippen molar-refractivity contribution in [1.29, 1.82) is 0 Å². The fourth-order valence-corrected chi connectivity index (χ4v) is 2.93. The van der Waals surface area contributed by atoms with E-state index >= 15 is 0 Å². The minimum atomic E-state index is -0.151. The second-order valence-corrected chi connectivity index (χ2v) is 6.16. The smallest absolute Gasteiger partial charge is 0.123 e. The van der Waals surface area contributed by atoms with Crippen molar-refractivity contribution in [2.75, 3.05) is 0 Å². The first kappa shape index (κ1) is 14.2. The van der Waals surface area contributed by atoms with E-state index in [1.165, 1.54) is 18.9 Å². The molecule has 1 rings (SSSR count). The zero-order chi connectivity index (χ0) is 12.0. The van der Waals surface area contributed by atoms with Gasteiger partial charge < -0.3 is 0 Å². The molecule has 0 saturated heterocycles. The largest absolute Gasteiger partial charge is 0.207 e. The Hall–Kier alpha value is 0.110. The van der Waals surface area contributed by atoms with E-state index in [0.717, 1.165) is 29.3 Å². The second-order valence-electron chi connectivity index (χ2n) is 4.01. The second kappa shape index (κ2) is 7.44. The first-order valence-electron chi connectivity index (χ1n) is 5.71. The van der Waals surface area contributed by atoms with E-state index < -0.39 is 0 Å². The lowest BCUT2D eigenvalue weighted by Crippen LogP contribution is -1.98. The summed E-state index contributed by atoms with van der Waals surface area (Å²) in [4.78, 5) is 0.602. The molecule has 0 aliphatic carbocycles. The lowest BCUT2D eigenvalue weighted by Gasteiger charge is -2.09. The fraction of sp³-hybridized carbons (Fsp3) is 0.538. The third-order valence-electron chi connectivity index (χ3n) is 2.57. The number of aryl methyl sites for hydroxylation is 1. The molecule has 1 atom stereocenters. The maximum atomic E-state index is 13.0. The van der Waals surface area contributed by atoms with Crippen molar-refractivity contribution in [2.24, 2.45) is 0 Å². The standard InChI is InChI=1S/C13H17Br2F/c1-2-4-11(14)6-3-5-10-9-12(16)7-8-13(10)15/h7-9,11H,2-6H2,1H3. The summed E-state index contributed by atoms with van der Waals surface area (Å²) in [7, 11) is 0. The highest BCUT2D eigenvalue weighted by Crippen LogP contribution is 2.22. The van der Waals surface area contributed by atoms with Crippen LogP contribution in [0.3, 0.4) is 0 Å². The van der Waals surface area contributed by atoms with Gasteiger partial charge in [0.25, 0.3) is 0 Å². The molecule has 0 saturated carbocycles. The Bertz CT molecular complexity index is 326. The van der Waals surface area contributed by atoms with Crippen LogP contribution in [-0.2, 0) is 6.42 Å². The molecule has 1 unspecified atom stereocenters. The number of hydrogen-bond donors (Lipinski definition) is 0. The quantitative estimate of drug-likeness (QED) is 0.595. The molecule has 0 aliphatic rings. The number of rotatable bonds is 6. The van der Waals surface area contributed by atoms with Crippen molar-refractivity contribution in [2.45, 2.75) is 43.9 Å². The molecule has 0 fully saturated rings. The summed E-state index contributed by atoms with van der Waals surface area (Å²) in [5.74, 6) is -0.151. The topological polar surface area (TPSA) is 0 Å². The number of alkyl halides is 1. The monoisotopic (exact) mass is 350 g/mol. The molecule has 0 N–H and O–H groups in total. The summed E-state index contributed by atoms with van der Waals surface area (Å²) in [5.41, 5.74) is 1.07. The normalized spacial score (nSPS) is 12.8. The molecule has 0 nitrogen and oxygen atoms in total.